The lowest BCUT2D eigenvalue weighted by molar-refractivity contribution is 0.0291. The Bertz CT molecular complexity index is 2160. The Labute approximate surface area is 232 Å². The molecule has 0 fully saturated rings. The molecule has 9 heteroatoms. The maximum atomic E-state index is 14.2. The zero-order valence-corrected chi connectivity index (χ0v) is 21.6. The Morgan fingerprint density at radius 1 is 0.439 bits per heavy atom. The van der Waals surface area contributed by atoms with Gasteiger partial charge < -0.3 is 0 Å². The molecule has 2 heterocycles. The van der Waals surface area contributed by atoms with Crippen LogP contribution < -0.4 is 16.6 Å². The van der Waals surface area contributed by atoms with Crippen LogP contribution in [0.2, 0.25) is 0 Å². The molecule has 0 aliphatic carbocycles. The molecule has 0 saturated carbocycles. The van der Waals surface area contributed by atoms with Crippen LogP contribution >= 0.6 is 0 Å². The van der Waals surface area contributed by atoms with Crippen molar-refractivity contribution in [3.8, 4) is 22.7 Å². The number of rotatable bonds is 5. The Hall–Kier alpha value is -5.64. The Morgan fingerprint density at radius 3 is 1.20 bits per heavy atom. The van der Waals surface area contributed by atoms with E-state index in [0.29, 0.717) is 39.1 Å². The predicted molar refractivity (Wildman–Crippen MR) is 157 cm³/mol. The largest absolute Gasteiger partial charge is 0.338 e. The topological polar surface area (TPSA) is 97.6 Å². The van der Waals surface area contributed by atoms with Gasteiger partial charge in [-0.1, -0.05) is 66.7 Å². The number of anilines is 1. The number of nitrogens with zero attached hydrogens (tertiary/aromatic N) is 5. The fourth-order valence-corrected chi connectivity index (χ4v) is 5.42. The number of imidazole rings is 2. The van der Waals surface area contributed by atoms with Gasteiger partial charge in [-0.25, -0.2) is 9.59 Å². The molecule has 0 aliphatic heterocycles. The average molecular weight is 542 g/mol. The van der Waals surface area contributed by atoms with Crippen LogP contribution in [0.25, 0.3) is 44.8 Å². The molecule has 0 bridgehead atoms. The highest BCUT2D eigenvalue weighted by Crippen LogP contribution is 2.31. The van der Waals surface area contributed by atoms with E-state index >= 15 is 0 Å². The van der Waals surface area contributed by atoms with Crippen LogP contribution in [0.15, 0.2) is 137 Å². The second kappa shape index (κ2) is 9.53. The third kappa shape index (κ3) is 3.80. The first-order valence-corrected chi connectivity index (χ1v) is 12.9. The Kier molecular flexibility index (Phi) is 5.67. The van der Waals surface area contributed by atoms with E-state index in [2.05, 4.69) is 0 Å². The molecular formula is C32H23N5O4. The van der Waals surface area contributed by atoms with Crippen LogP contribution in [0, 0.1) is 0 Å². The molecule has 5 aromatic carbocycles. The van der Waals surface area contributed by atoms with Gasteiger partial charge in [-0.2, -0.15) is 0 Å². The summed E-state index contributed by atoms with van der Waals surface area (Å²) >= 11 is 0. The minimum Gasteiger partial charge on any atom is -0.264 e. The zero-order valence-electron chi connectivity index (χ0n) is 21.6. The van der Waals surface area contributed by atoms with E-state index in [9.17, 15) is 20.0 Å². The molecule has 2 N–H and O–H groups in total. The van der Waals surface area contributed by atoms with Gasteiger partial charge >= 0.3 is 11.4 Å². The molecule has 200 valence electrons. The smallest absolute Gasteiger partial charge is 0.264 e. The highest BCUT2D eigenvalue weighted by Gasteiger charge is 2.24. The van der Waals surface area contributed by atoms with Crippen molar-refractivity contribution >= 4 is 27.8 Å². The molecule has 2 aromatic heterocycles. The summed E-state index contributed by atoms with van der Waals surface area (Å²) < 4.78 is 6.24. The number of benzene rings is 5. The molecule has 0 radical (unpaired) electrons. The van der Waals surface area contributed by atoms with Crippen molar-refractivity contribution in [2.24, 2.45) is 0 Å². The molecule has 0 saturated heterocycles. The highest BCUT2D eigenvalue weighted by atomic mass is 16.8. The van der Waals surface area contributed by atoms with Gasteiger partial charge in [0.2, 0.25) is 0 Å². The third-order valence-corrected chi connectivity index (χ3v) is 7.18. The first kappa shape index (κ1) is 24.4. The number of aromatic nitrogens is 4. The van der Waals surface area contributed by atoms with Crippen LogP contribution in [0.3, 0.4) is 0 Å². The predicted octanol–water partition coefficient (Wildman–Crippen LogP) is 5.46. The summed E-state index contributed by atoms with van der Waals surface area (Å²) in [5.41, 5.74) is 3.81. The molecule has 7 aromatic rings. The molecule has 7 rings (SSSR count). The molecule has 0 amide bonds. The van der Waals surface area contributed by atoms with Crippen LogP contribution in [0.1, 0.15) is 0 Å². The lowest BCUT2D eigenvalue weighted by Gasteiger charge is -2.14. The maximum Gasteiger partial charge on any atom is 0.338 e. The van der Waals surface area contributed by atoms with Gasteiger partial charge in [-0.05, 0) is 60.7 Å². The van der Waals surface area contributed by atoms with Crippen LogP contribution in [-0.4, -0.2) is 28.7 Å². The molecular weight excluding hydrogens is 518 g/mol. The SMILES string of the molecule is O=c1n(-c2ccccc2)c2cc3c(cc2n1-c1ccccc1)n(-c1ccccc1N(O)O)c(=O)n3-c1ccccc1. The first-order chi connectivity index (χ1) is 20.0. The fraction of sp³-hybridized carbons (Fsp3) is 0. The summed E-state index contributed by atoms with van der Waals surface area (Å²) in [7, 11) is 0. The van der Waals surface area contributed by atoms with Crippen LogP contribution in [0.5, 0.6) is 0 Å². The van der Waals surface area contributed by atoms with Gasteiger partial charge in [0.05, 0.1) is 44.8 Å². The van der Waals surface area contributed by atoms with Crippen molar-refractivity contribution in [2.45, 2.75) is 0 Å². The van der Waals surface area contributed by atoms with Crippen molar-refractivity contribution in [1.82, 2.24) is 18.3 Å². The van der Waals surface area contributed by atoms with Crippen molar-refractivity contribution in [2.75, 3.05) is 5.23 Å². The van der Waals surface area contributed by atoms with E-state index in [1.165, 1.54) is 10.6 Å². The van der Waals surface area contributed by atoms with E-state index in [-0.39, 0.29) is 22.3 Å². The summed E-state index contributed by atoms with van der Waals surface area (Å²) in [4.78, 5) is 28.3. The van der Waals surface area contributed by atoms with Crippen molar-refractivity contribution in [3.63, 3.8) is 0 Å². The van der Waals surface area contributed by atoms with Gasteiger partial charge in [0.25, 0.3) is 0 Å². The summed E-state index contributed by atoms with van der Waals surface area (Å²) in [6, 6.07) is 38.0. The van der Waals surface area contributed by atoms with Crippen molar-refractivity contribution < 1.29 is 10.4 Å². The number of para-hydroxylation sites is 5. The van der Waals surface area contributed by atoms with Crippen LogP contribution in [0.4, 0.5) is 5.69 Å². The van der Waals surface area contributed by atoms with E-state index < -0.39 is 5.69 Å². The average Bonchev–Trinajstić information content (AvgIpc) is 3.45. The number of hydrogen-bond acceptors (Lipinski definition) is 5. The summed E-state index contributed by atoms with van der Waals surface area (Å²) in [5.74, 6) is 0. The van der Waals surface area contributed by atoms with Gasteiger partial charge in [-0.3, -0.25) is 28.7 Å². The molecule has 0 unspecified atom stereocenters. The Balaban J connectivity index is 1.69. The monoisotopic (exact) mass is 541 g/mol. The lowest BCUT2D eigenvalue weighted by atomic mass is 10.2. The summed E-state index contributed by atoms with van der Waals surface area (Å²) in [5, 5.41) is 20.0. The second-order valence-corrected chi connectivity index (χ2v) is 9.52. The van der Waals surface area contributed by atoms with E-state index in [1.54, 1.807) is 38.0 Å². The quantitative estimate of drug-likeness (QED) is 0.282. The molecule has 0 spiro atoms. The minimum atomic E-state index is -0.409. The molecule has 41 heavy (non-hydrogen) atoms. The van der Waals surface area contributed by atoms with E-state index in [0.717, 1.165) is 0 Å². The summed E-state index contributed by atoms with van der Waals surface area (Å²) in [6.07, 6.45) is 0. The Morgan fingerprint density at radius 2 is 0.780 bits per heavy atom. The maximum absolute atomic E-state index is 14.2. The standard InChI is InChI=1S/C32H23N5O4/c38-31-33(22-12-4-1-5-13-22)27-20-29-30(21-28(27)34(31)23-14-6-2-7-15-23)36(25-18-10-11-19-26(25)37(40)41)32(39)35(29)24-16-8-3-9-17-24/h1-21,40-41H. The van der Waals surface area contributed by atoms with E-state index in [4.69, 9.17) is 0 Å². The fourth-order valence-electron chi connectivity index (χ4n) is 5.42. The molecule has 9 nitrogen and oxygen atoms in total. The highest BCUT2D eigenvalue weighted by molar-refractivity contribution is 5.96. The lowest BCUT2D eigenvalue weighted by Crippen LogP contribution is -2.24. The van der Waals surface area contributed by atoms with Crippen LogP contribution in [-0.2, 0) is 0 Å². The number of hydrogen-bond donors (Lipinski definition) is 2. The van der Waals surface area contributed by atoms with E-state index in [1.807, 2.05) is 97.1 Å². The first-order valence-electron chi connectivity index (χ1n) is 12.9. The van der Waals surface area contributed by atoms with Gasteiger partial charge in [-0.15, -0.1) is 5.23 Å². The molecule has 0 aliphatic rings. The zero-order chi connectivity index (χ0) is 28.1. The number of fused-ring (bicyclic) bond motifs is 2. The minimum absolute atomic E-state index is 0.00222. The van der Waals surface area contributed by atoms with Gasteiger partial charge in [0, 0.05) is 0 Å². The van der Waals surface area contributed by atoms with Crippen molar-refractivity contribution in [1.29, 1.82) is 0 Å². The normalized spacial score (nSPS) is 11.4. The summed E-state index contributed by atoms with van der Waals surface area (Å²) in [6.45, 7) is 0. The van der Waals surface area contributed by atoms with Gasteiger partial charge in [0.15, 0.2) is 0 Å². The second-order valence-electron chi connectivity index (χ2n) is 9.52. The van der Waals surface area contributed by atoms with Gasteiger partial charge in [0.1, 0.15) is 5.69 Å². The molecule has 0 atom stereocenters. The van der Waals surface area contributed by atoms with Crippen molar-refractivity contribution in [3.05, 3.63) is 148 Å². The third-order valence-electron chi connectivity index (χ3n) is 7.18.